The van der Waals surface area contributed by atoms with E-state index in [-0.39, 0.29) is 6.03 Å². The average molecular weight is 312 g/mol. The van der Waals surface area contributed by atoms with Crippen molar-refractivity contribution in [2.24, 2.45) is 0 Å². The minimum absolute atomic E-state index is 0.323. The van der Waals surface area contributed by atoms with Gasteiger partial charge in [0.15, 0.2) is 0 Å². The molecule has 23 heavy (non-hydrogen) atoms. The number of urea groups is 1. The second kappa shape index (κ2) is 5.64. The van der Waals surface area contributed by atoms with Gasteiger partial charge in [-0.15, -0.1) is 0 Å². The normalized spacial score (nSPS) is 13.4. The van der Waals surface area contributed by atoms with Crippen LogP contribution in [0.4, 0.5) is 31.9 Å². The summed E-state index contributed by atoms with van der Waals surface area (Å²) in [6, 6.07) is 9.94. The lowest BCUT2D eigenvalue weighted by Gasteiger charge is -2.31. The molecule has 5 nitrogen and oxygen atoms in total. The maximum absolute atomic E-state index is 14.0. The second-order valence-electron chi connectivity index (χ2n) is 5.14. The highest BCUT2D eigenvalue weighted by Crippen LogP contribution is 2.37. The molecule has 0 atom stereocenters. The van der Waals surface area contributed by atoms with E-state index in [1.54, 1.807) is 25.2 Å². The summed E-state index contributed by atoms with van der Waals surface area (Å²) in [5, 5.41) is 8.54. The van der Waals surface area contributed by atoms with Crippen LogP contribution in [0.25, 0.3) is 5.70 Å². The number of nitrogens with one attached hydrogen (secondary N) is 3. The Labute approximate surface area is 133 Å². The van der Waals surface area contributed by atoms with Gasteiger partial charge in [0.05, 0.1) is 22.8 Å². The van der Waals surface area contributed by atoms with Gasteiger partial charge in [-0.3, -0.25) is 4.90 Å². The molecule has 1 aliphatic heterocycles. The van der Waals surface area contributed by atoms with Crippen LogP contribution >= 0.6 is 0 Å². The average Bonchev–Trinajstić information content (AvgIpc) is 2.56. The number of carbonyl (C=O) groups excluding carboxylic acids is 1. The second-order valence-corrected chi connectivity index (χ2v) is 5.14. The predicted octanol–water partition coefficient (Wildman–Crippen LogP) is 3.93. The van der Waals surface area contributed by atoms with E-state index in [4.69, 9.17) is 0 Å². The molecule has 0 unspecified atom stereocenters. The van der Waals surface area contributed by atoms with E-state index in [2.05, 4.69) is 22.5 Å². The van der Waals surface area contributed by atoms with Gasteiger partial charge in [0.1, 0.15) is 5.82 Å². The molecule has 0 radical (unpaired) electrons. The summed E-state index contributed by atoms with van der Waals surface area (Å²) in [7, 11) is 3.44. The first-order valence-corrected chi connectivity index (χ1v) is 7.14. The van der Waals surface area contributed by atoms with E-state index in [0.717, 1.165) is 5.69 Å². The summed E-state index contributed by atoms with van der Waals surface area (Å²) in [6.07, 6.45) is 0. The number of carbonyl (C=O) groups is 1. The van der Waals surface area contributed by atoms with Crippen molar-refractivity contribution in [1.82, 2.24) is 0 Å². The van der Waals surface area contributed by atoms with Gasteiger partial charge >= 0.3 is 6.03 Å². The highest BCUT2D eigenvalue weighted by atomic mass is 19.1. The van der Waals surface area contributed by atoms with Gasteiger partial charge in [-0.1, -0.05) is 6.58 Å². The molecule has 1 heterocycles. The Kier molecular flexibility index (Phi) is 3.65. The Bertz CT molecular complexity index is 786. The monoisotopic (exact) mass is 312 g/mol. The van der Waals surface area contributed by atoms with Gasteiger partial charge in [-0.25, -0.2) is 9.18 Å². The number of anilines is 4. The molecular formula is C17H17FN4O. The SMILES string of the molecule is C=C1c2cc(F)c(NC)cc2NC(=O)N1c1ccc(NC)cc1. The molecule has 0 saturated carbocycles. The maximum atomic E-state index is 14.0. The van der Waals surface area contributed by atoms with Crippen LogP contribution in [-0.2, 0) is 0 Å². The van der Waals surface area contributed by atoms with Gasteiger partial charge in [-0.05, 0) is 36.4 Å². The van der Waals surface area contributed by atoms with Gasteiger partial charge in [0, 0.05) is 25.3 Å². The molecule has 0 saturated heterocycles. The number of hydrogen-bond donors (Lipinski definition) is 3. The standard InChI is InChI=1S/C17H17FN4O/c1-10-13-8-14(18)16(20-3)9-15(13)21-17(23)22(10)12-6-4-11(19-2)5-7-12/h4-9,19-20H,1H2,2-3H3,(H,21,23). The number of halogens is 1. The number of rotatable bonds is 3. The fourth-order valence-corrected chi connectivity index (χ4v) is 2.57. The van der Waals surface area contributed by atoms with Crippen molar-refractivity contribution in [1.29, 1.82) is 0 Å². The van der Waals surface area contributed by atoms with Gasteiger partial charge < -0.3 is 16.0 Å². The molecule has 6 heteroatoms. The minimum Gasteiger partial charge on any atom is -0.388 e. The molecular weight excluding hydrogens is 295 g/mol. The zero-order chi connectivity index (χ0) is 16.6. The van der Waals surface area contributed by atoms with Crippen molar-refractivity contribution in [2.45, 2.75) is 0 Å². The first-order chi connectivity index (χ1) is 11.0. The van der Waals surface area contributed by atoms with Crippen LogP contribution in [0.5, 0.6) is 0 Å². The molecule has 2 aromatic rings. The number of hydrogen-bond acceptors (Lipinski definition) is 3. The van der Waals surface area contributed by atoms with E-state index < -0.39 is 5.82 Å². The Morgan fingerprint density at radius 2 is 1.83 bits per heavy atom. The van der Waals surface area contributed by atoms with E-state index in [0.29, 0.717) is 28.3 Å². The smallest absolute Gasteiger partial charge is 0.330 e. The molecule has 2 amide bonds. The van der Waals surface area contributed by atoms with Crippen LogP contribution in [0.1, 0.15) is 5.56 Å². The zero-order valence-electron chi connectivity index (χ0n) is 12.9. The third-order valence-electron chi connectivity index (χ3n) is 3.82. The highest BCUT2D eigenvalue weighted by Gasteiger charge is 2.28. The topological polar surface area (TPSA) is 56.4 Å². The molecule has 118 valence electrons. The minimum atomic E-state index is -0.394. The van der Waals surface area contributed by atoms with Gasteiger partial charge in [0.2, 0.25) is 0 Å². The zero-order valence-corrected chi connectivity index (χ0v) is 12.9. The highest BCUT2D eigenvalue weighted by molar-refractivity contribution is 6.16. The number of nitrogens with zero attached hydrogens (tertiary/aromatic N) is 1. The largest absolute Gasteiger partial charge is 0.388 e. The summed E-state index contributed by atoms with van der Waals surface area (Å²) in [4.78, 5) is 13.9. The number of fused-ring (bicyclic) bond motifs is 1. The van der Waals surface area contributed by atoms with Crippen molar-refractivity contribution >= 4 is 34.5 Å². The molecule has 0 aromatic heterocycles. The Morgan fingerprint density at radius 1 is 1.13 bits per heavy atom. The Morgan fingerprint density at radius 3 is 2.43 bits per heavy atom. The van der Waals surface area contributed by atoms with E-state index >= 15 is 0 Å². The summed E-state index contributed by atoms with van der Waals surface area (Å²) >= 11 is 0. The van der Waals surface area contributed by atoms with Crippen molar-refractivity contribution in [3.05, 3.63) is 54.4 Å². The molecule has 3 rings (SSSR count). The molecule has 0 bridgehead atoms. The Balaban J connectivity index is 2.03. The lowest BCUT2D eigenvalue weighted by Crippen LogP contribution is -2.37. The first kappa shape index (κ1) is 14.9. The van der Waals surface area contributed by atoms with Crippen molar-refractivity contribution < 1.29 is 9.18 Å². The summed E-state index contributed by atoms with van der Waals surface area (Å²) < 4.78 is 14.0. The molecule has 0 aliphatic carbocycles. The number of benzene rings is 2. The van der Waals surface area contributed by atoms with Gasteiger partial charge in [-0.2, -0.15) is 0 Å². The van der Waals surface area contributed by atoms with Crippen molar-refractivity contribution in [3.63, 3.8) is 0 Å². The molecule has 2 aromatic carbocycles. The van der Waals surface area contributed by atoms with Crippen LogP contribution in [0.15, 0.2) is 43.0 Å². The van der Waals surface area contributed by atoms with E-state index in [1.807, 2.05) is 19.2 Å². The van der Waals surface area contributed by atoms with E-state index in [9.17, 15) is 9.18 Å². The fourth-order valence-electron chi connectivity index (χ4n) is 2.57. The quantitative estimate of drug-likeness (QED) is 0.805. The predicted molar refractivity (Wildman–Crippen MR) is 92.5 cm³/mol. The summed E-state index contributed by atoms with van der Waals surface area (Å²) in [6.45, 7) is 3.97. The first-order valence-electron chi connectivity index (χ1n) is 7.14. The molecule has 0 spiro atoms. The maximum Gasteiger partial charge on any atom is 0.330 e. The van der Waals surface area contributed by atoms with Crippen LogP contribution in [0.2, 0.25) is 0 Å². The fraction of sp³-hybridized carbons (Fsp3) is 0.118. The van der Waals surface area contributed by atoms with Crippen LogP contribution < -0.4 is 20.9 Å². The van der Waals surface area contributed by atoms with Crippen LogP contribution in [0.3, 0.4) is 0 Å². The molecule has 3 N–H and O–H groups in total. The molecule has 0 fully saturated rings. The summed E-state index contributed by atoms with van der Waals surface area (Å²) in [5.41, 5.74) is 3.44. The lowest BCUT2D eigenvalue weighted by atomic mass is 10.0. The summed E-state index contributed by atoms with van der Waals surface area (Å²) in [5.74, 6) is -0.394. The Hall–Kier alpha value is -3.02. The molecule has 1 aliphatic rings. The lowest BCUT2D eigenvalue weighted by molar-refractivity contribution is 0.259. The van der Waals surface area contributed by atoms with Crippen LogP contribution in [0, 0.1) is 5.82 Å². The van der Waals surface area contributed by atoms with E-state index in [1.165, 1.54) is 11.0 Å². The third kappa shape index (κ3) is 2.48. The van der Waals surface area contributed by atoms with Crippen molar-refractivity contribution in [2.75, 3.05) is 34.9 Å². The number of amides is 2. The van der Waals surface area contributed by atoms with Crippen molar-refractivity contribution in [3.8, 4) is 0 Å². The van der Waals surface area contributed by atoms with Crippen LogP contribution in [-0.4, -0.2) is 20.1 Å². The van der Waals surface area contributed by atoms with Gasteiger partial charge in [0.25, 0.3) is 0 Å². The third-order valence-corrected chi connectivity index (χ3v) is 3.82.